The van der Waals surface area contributed by atoms with Crippen molar-refractivity contribution >= 4 is 34.5 Å². The van der Waals surface area contributed by atoms with Crippen molar-refractivity contribution in [2.45, 2.75) is 19.4 Å². The van der Waals surface area contributed by atoms with Crippen molar-refractivity contribution in [3.63, 3.8) is 0 Å². The highest BCUT2D eigenvalue weighted by Gasteiger charge is 2.30. The summed E-state index contributed by atoms with van der Waals surface area (Å²) in [6.07, 6.45) is 6.67. The first-order valence-electron chi connectivity index (χ1n) is 7.77. The maximum Gasteiger partial charge on any atom is 0.220 e. The maximum absolute atomic E-state index is 11.1. The van der Waals surface area contributed by atoms with Gasteiger partial charge >= 0.3 is 0 Å². The summed E-state index contributed by atoms with van der Waals surface area (Å²) in [5.74, 6) is 0.126. The number of aliphatic hydroxyl groups is 1. The van der Waals surface area contributed by atoms with Crippen LogP contribution in [0.15, 0.2) is 36.9 Å². The summed E-state index contributed by atoms with van der Waals surface area (Å²) < 4.78 is 1.82. The quantitative estimate of drug-likeness (QED) is 0.561. The normalized spacial score (nSPS) is 13.8. The average Bonchev–Trinajstić information content (AvgIpc) is 3.23. The second-order valence-electron chi connectivity index (χ2n) is 6.06. The number of nitrogen functional groups attached to an aromatic ring is 1. The number of fused-ring (bicyclic) bond motifs is 1. The predicted molar refractivity (Wildman–Crippen MR) is 101 cm³/mol. The predicted octanol–water partition coefficient (Wildman–Crippen LogP) is 3.05. The Kier molecular flexibility index (Phi) is 3.91. The summed E-state index contributed by atoms with van der Waals surface area (Å²) in [5, 5.41) is 12.1. The molecule has 4 aromatic heterocycles. The van der Waals surface area contributed by atoms with Crippen LogP contribution in [0.2, 0.25) is 5.02 Å². The van der Waals surface area contributed by atoms with Gasteiger partial charge in [-0.1, -0.05) is 17.7 Å². The van der Waals surface area contributed by atoms with Gasteiger partial charge in [0.1, 0.15) is 21.9 Å². The summed E-state index contributed by atoms with van der Waals surface area (Å²) in [6.45, 7) is 3.68. The minimum absolute atomic E-state index is 0.126. The molecule has 0 aliphatic heterocycles. The van der Waals surface area contributed by atoms with Crippen LogP contribution in [0, 0.1) is 6.92 Å². The van der Waals surface area contributed by atoms with Crippen LogP contribution in [0.3, 0.4) is 0 Å². The van der Waals surface area contributed by atoms with Crippen molar-refractivity contribution in [2.24, 2.45) is 0 Å². The fraction of sp³-hybridized carbons (Fsp3) is 0.176. The first-order chi connectivity index (χ1) is 12.4. The molecule has 3 N–H and O–H groups in total. The number of aryl methyl sites for hydroxylation is 1. The van der Waals surface area contributed by atoms with E-state index in [9.17, 15) is 5.11 Å². The van der Waals surface area contributed by atoms with Crippen LogP contribution in [0.25, 0.3) is 17.0 Å². The number of rotatable bonds is 3. The Labute approximate surface area is 158 Å². The lowest BCUT2D eigenvalue weighted by molar-refractivity contribution is 0.101. The monoisotopic (exact) mass is 386 g/mol. The summed E-state index contributed by atoms with van der Waals surface area (Å²) in [6, 6.07) is 3.66. The number of hydrogen-bond acceptors (Lipinski definition) is 7. The Bertz CT molecular complexity index is 1120. The van der Waals surface area contributed by atoms with Crippen LogP contribution in [-0.4, -0.2) is 29.4 Å². The molecule has 0 radical (unpaired) electrons. The lowest BCUT2D eigenvalue weighted by Gasteiger charge is -2.21. The van der Waals surface area contributed by atoms with Crippen molar-refractivity contribution in [1.82, 2.24) is 24.3 Å². The molecule has 0 saturated heterocycles. The lowest BCUT2D eigenvalue weighted by Crippen LogP contribution is -2.23. The van der Waals surface area contributed by atoms with E-state index in [0.29, 0.717) is 32.6 Å². The molecule has 4 rings (SSSR count). The van der Waals surface area contributed by atoms with Crippen molar-refractivity contribution in [3.8, 4) is 11.4 Å². The minimum Gasteiger partial charge on any atom is -0.378 e. The van der Waals surface area contributed by atoms with Gasteiger partial charge in [0.05, 0.1) is 23.1 Å². The number of anilines is 1. The van der Waals surface area contributed by atoms with Gasteiger partial charge in [0.25, 0.3) is 0 Å². The molecule has 0 aliphatic rings. The molecule has 7 nitrogen and oxygen atoms in total. The standard InChI is InChI=1S/C17H15ClN6OS/c1-9-5-21-15(26-9)17(2,25)10-3-4-13-20-7-12(24(13)8-10)14-11(18)6-22-16(19)23-14/h3-8,25H,1-2H3,(H2,19,22,23). The van der Waals surface area contributed by atoms with Gasteiger partial charge in [0.15, 0.2) is 0 Å². The zero-order valence-electron chi connectivity index (χ0n) is 14.0. The molecular formula is C17H15ClN6OS. The van der Waals surface area contributed by atoms with Crippen LogP contribution in [-0.2, 0) is 5.60 Å². The van der Waals surface area contributed by atoms with E-state index in [4.69, 9.17) is 17.3 Å². The highest BCUT2D eigenvalue weighted by molar-refractivity contribution is 7.11. The van der Waals surface area contributed by atoms with Crippen LogP contribution >= 0.6 is 22.9 Å². The van der Waals surface area contributed by atoms with Crippen LogP contribution in [0.4, 0.5) is 5.95 Å². The number of halogens is 1. The molecule has 0 saturated carbocycles. The summed E-state index contributed by atoms with van der Waals surface area (Å²) in [4.78, 5) is 17.8. The second kappa shape index (κ2) is 6.01. The van der Waals surface area contributed by atoms with Gasteiger partial charge in [-0.3, -0.25) is 4.40 Å². The molecule has 26 heavy (non-hydrogen) atoms. The topological polar surface area (TPSA) is 102 Å². The molecule has 9 heteroatoms. The Balaban J connectivity index is 1.89. The smallest absolute Gasteiger partial charge is 0.220 e. The molecule has 0 spiro atoms. The molecule has 0 bridgehead atoms. The fourth-order valence-corrected chi connectivity index (χ4v) is 3.73. The van der Waals surface area contributed by atoms with Crippen LogP contribution in [0.1, 0.15) is 22.4 Å². The molecule has 4 aromatic rings. The number of imidazole rings is 1. The van der Waals surface area contributed by atoms with Crippen molar-refractivity contribution < 1.29 is 5.11 Å². The molecule has 1 unspecified atom stereocenters. The van der Waals surface area contributed by atoms with E-state index in [1.54, 1.807) is 19.3 Å². The van der Waals surface area contributed by atoms with Gasteiger partial charge < -0.3 is 10.8 Å². The SMILES string of the molecule is Cc1cnc(C(C)(O)c2ccc3ncc(-c4nc(N)ncc4Cl)n3c2)s1. The van der Waals surface area contributed by atoms with E-state index in [2.05, 4.69) is 19.9 Å². The third-order valence-corrected chi connectivity index (χ3v) is 5.51. The molecule has 4 heterocycles. The molecule has 0 aromatic carbocycles. The molecular weight excluding hydrogens is 372 g/mol. The van der Waals surface area contributed by atoms with Gasteiger partial charge in [-0.25, -0.2) is 19.9 Å². The lowest BCUT2D eigenvalue weighted by atomic mass is 9.98. The largest absolute Gasteiger partial charge is 0.378 e. The molecule has 1 atom stereocenters. The van der Waals surface area contributed by atoms with E-state index >= 15 is 0 Å². The van der Waals surface area contributed by atoms with E-state index in [0.717, 1.165) is 4.88 Å². The highest BCUT2D eigenvalue weighted by Crippen LogP contribution is 2.33. The summed E-state index contributed by atoms with van der Waals surface area (Å²) in [5.41, 5.74) is 6.98. The second-order valence-corrected chi connectivity index (χ2v) is 7.70. The first kappa shape index (κ1) is 16.9. The zero-order chi connectivity index (χ0) is 18.5. The van der Waals surface area contributed by atoms with E-state index in [1.165, 1.54) is 17.5 Å². The molecule has 0 amide bonds. The van der Waals surface area contributed by atoms with Gasteiger partial charge in [0.2, 0.25) is 5.95 Å². The molecule has 132 valence electrons. The Morgan fingerprint density at radius 2 is 2.00 bits per heavy atom. The number of hydrogen-bond donors (Lipinski definition) is 2. The van der Waals surface area contributed by atoms with E-state index < -0.39 is 5.60 Å². The highest BCUT2D eigenvalue weighted by atomic mass is 35.5. The van der Waals surface area contributed by atoms with E-state index in [1.807, 2.05) is 29.7 Å². The summed E-state index contributed by atoms with van der Waals surface area (Å²) in [7, 11) is 0. The van der Waals surface area contributed by atoms with Crippen molar-refractivity contribution in [2.75, 3.05) is 5.73 Å². The Morgan fingerprint density at radius 1 is 1.19 bits per heavy atom. The Morgan fingerprint density at radius 3 is 2.73 bits per heavy atom. The van der Waals surface area contributed by atoms with E-state index in [-0.39, 0.29) is 5.95 Å². The van der Waals surface area contributed by atoms with Crippen molar-refractivity contribution in [1.29, 1.82) is 0 Å². The van der Waals surface area contributed by atoms with Gasteiger partial charge in [0, 0.05) is 22.8 Å². The van der Waals surface area contributed by atoms with Gasteiger partial charge in [-0.2, -0.15) is 0 Å². The van der Waals surface area contributed by atoms with Gasteiger partial charge in [-0.05, 0) is 19.9 Å². The molecule has 0 aliphatic carbocycles. The first-order valence-corrected chi connectivity index (χ1v) is 8.97. The average molecular weight is 387 g/mol. The van der Waals surface area contributed by atoms with Crippen molar-refractivity contribution in [3.05, 3.63) is 57.4 Å². The zero-order valence-corrected chi connectivity index (χ0v) is 15.6. The molecule has 0 fully saturated rings. The van der Waals surface area contributed by atoms with Gasteiger partial charge in [-0.15, -0.1) is 11.3 Å². The van der Waals surface area contributed by atoms with Crippen LogP contribution < -0.4 is 5.73 Å². The number of aromatic nitrogens is 5. The third-order valence-electron chi connectivity index (χ3n) is 4.11. The number of nitrogens with zero attached hydrogens (tertiary/aromatic N) is 5. The maximum atomic E-state index is 11.1. The third kappa shape index (κ3) is 2.72. The number of thiazole rings is 1. The number of pyridine rings is 1. The minimum atomic E-state index is -1.23. The number of nitrogens with two attached hydrogens (primary N) is 1. The van der Waals surface area contributed by atoms with Crippen LogP contribution in [0.5, 0.6) is 0 Å². The fourth-order valence-electron chi connectivity index (χ4n) is 2.71. The summed E-state index contributed by atoms with van der Waals surface area (Å²) >= 11 is 7.69. The Hall–Kier alpha value is -2.55.